The number of hydrogen-bond donors (Lipinski definition) is 0. The fourth-order valence-corrected chi connectivity index (χ4v) is 2.01. The Balaban J connectivity index is 2.15. The van der Waals surface area contributed by atoms with Crippen LogP contribution in [0.3, 0.4) is 0 Å². The molecule has 0 fully saturated rings. The summed E-state index contributed by atoms with van der Waals surface area (Å²) in [6.07, 6.45) is 8.13. The number of rotatable bonds is 5. The van der Waals surface area contributed by atoms with E-state index in [4.69, 9.17) is 0 Å². The molecule has 0 aliphatic heterocycles. The molecular weight excluding hydrogens is 166 g/mol. The Hall–Kier alpha value is -0.370. The van der Waals surface area contributed by atoms with Gasteiger partial charge in [-0.25, -0.2) is 4.98 Å². The van der Waals surface area contributed by atoms with Gasteiger partial charge in [-0.15, -0.1) is 11.3 Å². The van der Waals surface area contributed by atoms with E-state index in [1.807, 2.05) is 17.5 Å². The quantitative estimate of drug-likeness (QED) is 0.636. The molecule has 1 rings (SSSR count). The average molecular weight is 182 g/mol. The first kappa shape index (κ1) is 9.72. The summed E-state index contributed by atoms with van der Waals surface area (Å²) in [4.78, 5) is 5.65. The number of hydrogen-bond acceptors (Lipinski definition) is 2. The molecule has 2 heteroatoms. The van der Waals surface area contributed by atoms with Gasteiger partial charge < -0.3 is 0 Å². The van der Waals surface area contributed by atoms with Crippen molar-refractivity contribution in [3.05, 3.63) is 23.0 Å². The first-order valence-corrected chi connectivity index (χ1v) is 5.35. The van der Waals surface area contributed by atoms with Crippen LogP contribution < -0.4 is 0 Å². The zero-order valence-electron chi connectivity index (χ0n) is 7.68. The number of unbranched alkanes of at least 4 members (excludes halogenated alkanes) is 3. The molecule has 12 heavy (non-hydrogen) atoms. The van der Waals surface area contributed by atoms with E-state index in [9.17, 15) is 0 Å². The highest BCUT2D eigenvalue weighted by Crippen LogP contribution is 2.14. The molecule has 67 valence electrons. The molecule has 0 bridgehead atoms. The summed E-state index contributed by atoms with van der Waals surface area (Å²) in [5, 5.41) is 1.18. The Labute approximate surface area is 78.8 Å². The lowest BCUT2D eigenvalue weighted by atomic mass is 10.1. The molecule has 0 aromatic carbocycles. The minimum atomic E-state index is 1.07. The van der Waals surface area contributed by atoms with Gasteiger partial charge in [0.15, 0.2) is 0 Å². The van der Waals surface area contributed by atoms with E-state index in [2.05, 4.69) is 18.8 Å². The minimum absolute atomic E-state index is 1.07. The zero-order valence-corrected chi connectivity index (χ0v) is 8.49. The Morgan fingerprint density at radius 2 is 2.25 bits per heavy atom. The number of aryl methyl sites for hydroxylation is 2. The van der Waals surface area contributed by atoms with Gasteiger partial charge in [-0.2, -0.15) is 0 Å². The molecule has 0 atom stereocenters. The molecular formula is C10H16NS. The van der Waals surface area contributed by atoms with Crippen molar-refractivity contribution in [2.75, 3.05) is 0 Å². The van der Waals surface area contributed by atoms with Crippen molar-refractivity contribution in [1.82, 2.24) is 4.98 Å². The van der Waals surface area contributed by atoms with Crippen molar-refractivity contribution < 1.29 is 0 Å². The topological polar surface area (TPSA) is 12.9 Å². The maximum atomic E-state index is 4.22. The SMILES string of the molecule is [CH2]CCCCCc1cnc(C)s1. The smallest absolute Gasteiger partial charge is 0.0896 e. The summed E-state index contributed by atoms with van der Waals surface area (Å²) in [5.41, 5.74) is 0. The van der Waals surface area contributed by atoms with Gasteiger partial charge in [-0.05, 0) is 19.8 Å². The lowest BCUT2D eigenvalue weighted by molar-refractivity contribution is 0.689. The van der Waals surface area contributed by atoms with Crippen LogP contribution in [0.1, 0.15) is 35.6 Å². The number of aromatic nitrogens is 1. The van der Waals surface area contributed by atoms with Crippen LogP contribution in [0.2, 0.25) is 0 Å². The predicted octanol–water partition coefficient (Wildman–Crippen LogP) is 3.39. The Morgan fingerprint density at radius 1 is 1.42 bits per heavy atom. The highest BCUT2D eigenvalue weighted by atomic mass is 32.1. The van der Waals surface area contributed by atoms with E-state index in [0.29, 0.717) is 0 Å². The van der Waals surface area contributed by atoms with E-state index in [1.165, 1.54) is 35.6 Å². The fourth-order valence-electron chi connectivity index (χ4n) is 1.17. The minimum Gasteiger partial charge on any atom is -0.250 e. The third-order valence-corrected chi connectivity index (χ3v) is 2.81. The summed E-state index contributed by atoms with van der Waals surface area (Å²) >= 11 is 1.82. The summed E-state index contributed by atoms with van der Waals surface area (Å²) in [5.74, 6) is 0. The van der Waals surface area contributed by atoms with Crippen molar-refractivity contribution in [2.45, 2.75) is 39.0 Å². The average Bonchev–Trinajstić information content (AvgIpc) is 2.45. The predicted molar refractivity (Wildman–Crippen MR) is 54.4 cm³/mol. The molecule has 0 saturated carbocycles. The summed E-state index contributed by atoms with van der Waals surface area (Å²) < 4.78 is 0. The molecule has 1 radical (unpaired) electrons. The van der Waals surface area contributed by atoms with E-state index in [-0.39, 0.29) is 0 Å². The highest BCUT2D eigenvalue weighted by Gasteiger charge is 1.96. The maximum Gasteiger partial charge on any atom is 0.0896 e. The molecule has 0 amide bonds. The monoisotopic (exact) mass is 182 g/mol. The van der Waals surface area contributed by atoms with Crippen LogP contribution in [0.15, 0.2) is 6.20 Å². The molecule has 1 aromatic heterocycles. The van der Waals surface area contributed by atoms with Gasteiger partial charge in [0.1, 0.15) is 0 Å². The standard InChI is InChI=1S/C10H16NS/c1-3-4-5-6-7-10-8-11-9(2)12-10/h8H,1,3-7H2,2H3. The van der Waals surface area contributed by atoms with Gasteiger partial charge in [0.05, 0.1) is 5.01 Å². The lowest BCUT2D eigenvalue weighted by Gasteiger charge is -1.95. The summed E-state index contributed by atoms with van der Waals surface area (Å²) in [6.45, 7) is 5.88. The second-order valence-electron chi connectivity index (χ2n) is 3.01. The van der Waals surface area contributed by atoms with Crippen molar-refractivity contribution in [3.63, 3.8) is 0 Å². The van der Waals surface area contributed by atoms with Crippen LogP contribution in [0, 0.1) is 13.8 Å². The Morgan fingerprint density at radius 3 is 2.83 bits per heavy atom. The molecule has 0 N–H and O–H groups in total. The fraction of sp³-hybridized carbons (Fsp3) is 0.600. The van der Waals surface area contributed by atoms with Crippen LogP contribution in [0.5, 0.6) is 0 Å². The normalized spacial score (nSPS) is 10.5. The lowest BCUT2D eigenvalue weighted by Crippen LogP contribution is -1.80. The maximum absolute atomic E-state index is 4.22. The van der Waals surface area contributed by atoms with Crippen LogP contribution in [-0.4, -0.2) is 4.98 Å². The third-order valence-electron chi connectivity index (χ3n) is 1.84. The van der Waals surface area contributed by atoms with Gasteiger partial charge >= 0.3 is 0 Å². The molecule has 0 unspecified atom stereocenters. The molecule has 0 aliphatic carbocycles. The molecule has 1 nitrogen and oxygen atoms in total. The first-order valence-electron chi connectivity index (χ1n) is 4.53. The summed E-state index contributed by atoms with van der Waals surface area (Å²) in [7, 11) is 0. The van der Waals surface area contributed by atoms with Crippen LogP contribution in [0.25, 0.3) is 0 Å². The van der Waals surface area contributed by atoms with E-state index in [0.717, 1.165) is 6.42 Å². The second kappa shape index (κ2) is 5.31. The number of thiazole rings is 1. The first-order chi connectivity index (χ1) is 5.83. The Bertz CT molecular complexity index is 217. The van der Waals surface area contributed by atoms with Gasteiger partial charge in [-0.3, -0.25) is 0 Å². The zero-order chi connectivity index (χ0) is 8.81. The van der Waals surface area contributed by atoms with E-state index in [1.54, 1.807) is 0 Å². The van der Waals surface area contributed by atoms with Crippen LogP contribution in [0.4, 0.5) is 0 Å². The van der Waals surface area contributed by atoms with Crippen LogP contribution in [-0.2, 0) is 6.42 Å². The molecule has 1 aromatic rings. The number of nitrogens with zero attached hydrogens (tertiary/aromatic N) is 1. The largest absolute Gasteiger partial charge is 0.250 e. The molecule has 0 spiro atoms. The highest BCUT2D eigenvalue weighted by molar-refractivity contribution is 7.11. The van der Waals surface area contributed by atoms with Crippen molar-refractivity contribution in [1.29, 1.82) is 0 Å². The van der Waals surface area contributed by atoms with Crippen molar-refractivity contribution in [3.8, 4) is 0 Å². The molecule has 0 aliphatic rings. The third kappa shape index (κ3) is 3.35. The van der Waals surface area contributed by atoms with Crippen LogP contribution >= 0.6 is 11.3 Å². The van der Waals surface area contributed by atoms with Crippen molar-refractivity contribution in [2.24, 2.45) is 0 Å². The summed E-state index contributed by atoms with van der Waals surface area (Å²) in [6, 6.07) is 0. The van der Waals surface area contributed by atoms with E-state index >= 15 is 0 Å². The Kier molecular flexibility index (Phi) is 4.30. The van der Waals surface area contributed by atoms with Gasteiger partial charge in [-0.1, -0.05) is 26.2 Å². The second-order valence-corrected chi connectivity index (χ2v) is 4.33. The van der Waals surface area contributed by atoms with Gasteiger partial charge in [0.25, 0.3) is 0 Å². The van der Waals surface area contributed by atoms with E-state index < -0.39 is 0 Å². The van der Waals surface area contributed by atoms with Gasteiger partial charge in [0, 0.05) is 11.1 Å². The molecule has 1 heterocycles. The van der Waals surface area contributed by atoms with Gasteiger partial charge in [0.2, 0.25) is 0 Å². The van der Waals surface area contributed by atoms with Crippen molar-refractivity contribution >= 4 is 11.3 Å². The molecule has 0 saturated heterocycles.